The number of carboxylic acids is 1. The molecule has 110 valence electrons. The number of nitrogens with zero attached hydrogens (tertiary/aromatic N) is 1. The Bertz CT molecular complexity index is 505. The van der Waals surface area contributed by atoms with Crippen LogP contribution in [-0.2, 0) is 4.79 Å². The van der Waals surface area contributed by atoms with Crippen molar-refractivity contribution in [3.05, 3.63) is 30.1 Å². The highest BCUT2D eigenvalue weighted by Gasteiger charge is 2.25. The number of anilines is 1. The summed E-state index contributed by atoms with van der Waals surface area (Å²) in [6.07, 6.45) is -0.489. The number of carboxylic acid groups (broad SMARTS) is 1. The molecule has 1 aromatic carbocycles. The third-order valence-corrected chi connectivity index (χ3v) is 2.65. The molecule has 0 spiro atoms. The maximum Gasteiger partial charge on any atom is 0.321 e. The molecular weight excluding hydrogens is 267 g/mol. The minimum Gasteiger partial charge on any atom is -0.481 e. The Balaban J connectivity index is 2.61. The second-order valence-corrected chi connectivity index (χ2v) is 4.77. The summed E-state index contributed by atoms with van der Waals surface area (Å²) in [4.78, 5) is 23.5. The van der Waals surface area contributed by atoms with Crippen molar-refractivity contribution < 1.29 is 24.2 Å². The summed E-state index contributed by atoms with van der Waals surface area (Å²) in [5.41, 5.74) is -1.20. The SMILES string of the molecule is CN(C(=O)NCC(C)(O)CC(=O)O)c1cccc(F)c1. The van der Waals surface area contributed by atoms with E-state index < -0.39 is 29.8 Å². The molecule has 6 nitrogen and oxygen atoms in total. The van der Waals surface area contributed by atoms with Crippen LogP contribution in [0.25, 0.3) is 0 Å². The average Bonchev–Trinajstić information content (AvgIpc) is 2.33. The predicted molar refractivity (Wildman–Crippen MR) is 71.1 cm³/mol. The molecule has 1 atom stereocenters. The molecule has 0 heterocycles. The standard InChI is InChI=1S/C13H17FN2O4/c1-13(20,7-11(17)18)8-15-12(19)16(2)10-5-3-4-9(14)6-10/h3-6,20H,7-8H2,1-2H3,(H,15,19)(H,17,18). The Morgan fingerprint density at radius 1 is 1.45 bits per heavy atom. The van der Waals surface area contributed by atoms with Gasteiger partial charge in [0.2, 0.25) is 0 Å². The quantitative estimate of drug-likeness (QED) is 0.757. The van der Waals surface area contributed by atoms with Crippen molar-refractivity contribution in [3.63, 3.8) is 0 Å². The van der Waals surface area contributed by atoms with Crippen molar-refractivity contribution in [3.8, 4) is 0 Å². The lowest BCUT2D eigenvalue weighted by Gasteiger charge is -2.24. The molecule has 3 N–H and O–H groups in total. The Morgan fingerprint density at radius 3 is 2.65 bits per heavy atom. The third-order valence-electron chi connectivity index (χ3n) is 2.65. The number of aliphatic hydroxyl groups is 1. The van der Waals surface area contributed by atoms with Crippen molar-refractivity contribution >= 4 is 17.7 Å². The van der Waals surface area contributed by atoms with Crippen LogP contribution < -0.4 is 10.2 Å². The summed E-state index contributed by atoms with van der Waals surface area (Å²) in [5, 5.41) is 20.8. The first kappa shape index (κ1) is 15.9. The van der Waals surface area contributed by atoms with Gasteiger partial charge in [0.25, 0.3) is 0 Å². The van der Waals surface area contributed by atoms with Gasteiger partial charge in [-0.3, -0.25) is 9.69 Å². The zero-order chi connectivity index (χ0) is 15.3. The summed E-state index contributed by atoms with van der Waals surface area (Å²) >= 11 is 0. The zero-order valence-corrected chi connectivity index (χ0v) is 11.3. The van der Waals surface area contributed by atoms with Gasteiger partial charge >= 0.3 is 12.0 Å². The molecule has 0 radical (unpaired) electrons. The van der Waals surface area contributed by atoms with Crippen LogP contribution in [0.1, 0.15) is 13.3 Å². The normalized spacial score (nSPS) is 13.4. The first-order valence-electron chi connectivity index (χ1n) is 5.92. The Kier molecular flexibility index (Phi) is 5.04. The van der Waals surface area contributed by atoms with E-state index in [2.05, 4.69) is 5.32 Å². The van der Waals surface area contributed by atoms with Gasteiger partial charge < -0.3 is 15.5 Å². The fourth-order valence-corrected chi connectivity index (χ4v) is 1.57. The number of carbonyl (C=O) groups excluding carboxylic acids is 1. The van der Waals surface area contributed by atoms with Gasteiger partial charge in [-0.05, 0) is 25.1 Å². The maximum atomic E-state index is 13.0. The van der Waals surface area contributed by atoms with Crippen molar-refractivity contribution in [2.45, 2.75) is 18.9 Å². The number of hydrogen-bond acceptors (Lipinski definition) is 3. The van der Waals surface area contributed by atoms with Crippen molar-refractivity contribution in [1.82, 2.24) is 5.32 Å². The van der Waals surface area contributed by atoms with E-state index in [-0.39, 0.29) is 6.54 Å². The molecular formula is C13H17FN2O4. The van der Waals surface area contributed by atoms with Crippen LogP contribution in [0, 0.1) is 5.82 Å². The second kappa shape index (κ2) is 6.33. The highest BCUT2D eigenvalue weighted by Crippen LogP contribution is 2.14. The van der Waals surface area contributed by atoms with Crippen LogP contribution in [-0.4, -0.2) is 41.4 Å². The average molecular weight is 284 g/mol. The summed E-state index contributed by atoms with van der Waals surface area (Å²) in [5.74, 6) is -1.64. The first-order chi connectivity index (χ1) is 9.21. The number of amides is 2. The lowest BCUT2D eigenvalue weighted by molar-refractivity contribution is -0.141. The first-order valence-corrected chi connectivity index (χ1v) is 5.92. The Hall–Kier alpha value is -2.15. The molecule has 7 heteroatoms. The summed E-state index contributed by atoms with van der Waals surface area (Å²) in [6.45, 7) is 1.08. The number of urea groups is 1. The zero-order valence-electron chi connectivity index (χ0n) is 11.3. The fourth-order valence-electron chi connectivity index (χ4n) is 1.57. The van der Waals surface area contributed by atoms with Gasteiger partial charge in [0.05, 0.1) is 12.0 Å². The number of aliphatic carboxylic acids is 1. The van der Waals surface area contributed by atoms with Crippen molar-refractivity contribution in [2.24, 2.45) is 0 Å². The van der Waals surface area contributed by atoms with Crippen LogP contribution >= 0.6 is 0 Å². The number of benzene rings is 1. The van der Waals surface area contributed by atoms with E-state index in [0.717, 1.165) is 0 Å². The largest absolute Gasteiger partial charge is 0.481 e. The van der Waals surface area contributed by atoms with Gasteiger partial charge in [0.1, 0.15) is 5.82 Å². The van der Waals surface area contributed by atoms with Crippen molar-refractivity contribution in [2.75, 3.05) is 18.5 Å². The van der Waals surface area contributed by atoms with Gasteiger partial charge in [0, 0.05) is 19.3 Å². The minimum atomic E-state index is -1.55. The monoisotopic (exact) mass is 284 g/mol. The maximum absolute atomic E-state index is 13.0. The molecule has 1 unspecified atom stereocenters. The molecule has 0 aliphatic carbocycles. The molecule has 0 saturated carbocycles. The van der Waals surface area contributed by atoms with Crippen LogP contribution in [0.4, 0.5) is 14.9 Å². The summed E-state index contributed by atoms with van der Waals surface area (Å²) < 4.78 is 13.0. The van der Waals surface area contributed by atoms with Gasteiger partial charge in [-0.2, -0.15) is 0 Å². The molecule has 0 aromatic heterocycles. The Morgan fingerprint density at radius 2 is 2.10 bits per heavy atom. The number of halogens is 1. The van der Waals surface area contributed by atoms with E-state index in [1.807, 2.05) is 0 Å². The number of carbonyl (C=O) groups is 2. The highest BCUT2D eigenvalue weighted by atomic mass is 19.1. The number of rotatable bonds is 5. The smallest absolute Gasteiger partial charge is 0.321 e. The topological polar surface area (TPSA) is 89.9 Å². The molecule has 20 heavy (non-hydrogen) atoms. The van der Waals surface area contributed by atoms with E-state index >= 15 is 0 Å². The molecule has 0 bridgehead atoms. The molecule has 0 saturated heterocycles. The molecule has 0 aliphatic heterocycles. The van der Waals surface area contributed by atoms with Crippen LogP contribution in [0.15, 0.2) is 24.3 Å². The van der Waals surface area contributed by atoms with Crippen LogP contribution in [0.5, 0.6) is 0 Å². The second-order valence-electron chi connectivity index (χ2n) is 4.77. The van der Waals surface area contributed by atoms with Gasteiger partial charge in [0.15, 0.2) is 0 Å². The van der Waals surface area contributed by atoms with E-state index in [4.69, 9.17) is 5.11 Å². The molecule has 2 amide bonds. The van der Waals surface area contributed by atoms with Crippen molar-refractivity contribution in [1.29, 1.82) is 0 Å². The molecule has 0 fully saturated rings. The fraction of sp³-hybridized carbons (Fsp3) is 0.385. The van der Waals surface area contributed by atoms with Crippen LogP contribution in [0.2, 0.25) is 0 Å². The molecule has 1 aromatic rings. The molecule has 0 aliphatic rings. The third kappa shape index (κ3) is 4.85. The van der Waals surface area contributed by atoms with E-state index in [9.17, 15) is 19.1 Å². The van der Waals surface area contributed by atoms with E-state index in [0.29, 0.717) is 5.69 Å². The minimum absolute atomic E-state index is 0.224. The van der Waals surface area contributed by atoms with Gasteiger partial charge in [-0.15, -0.1) is 0 Å². The number of nitrogens with one attached hydrogen (secondary N) is 1. The predicted octanol–water partition coefficient (Wildman–Crippen LogP) is 1.20. The van der Waals surface area contributed by atoms with E-state index in [1.165, 1.54) is 37.1 Å². The lowest BCUT2D eigenvalue weighted by atomic mass is 10.0. The molecule has 1 rings (SSSR count). The van der Waals surface area contributed by atoms with E-state index in [1.54, 1.807) is 6.07 Å². The lowest BCUT2D eigenvalue weighted by Crippen LogP contribution is -2.46. The van der Waals surface area contributed by atoms with Gasteiger partial charge in [-0.1, -0.05) is 6.07 Å². The summed E-state index contributed by atoms with van der Waals surface area (Å²) in [6, 6.07) is 4.90. The Labute approximate surface area is 115 Å². The number of hydrogen-bond donors (Lipinski definition) is 3. The van der Waals surface area contributed by atoms with Gasteiger partial charge in [-0.25, -0.2) is 9.18 Å². The van der Waals surface area contributed by atoms with Crippen LogP contribution in [0.3, 0.4) is 0 Å². The summed E-state index contributed by atoms with van der Waals surface area (Å²) in [7, 11) is 1.44. The highest BCUT2D eigenvalue weighted by molar-refractivity contribution is 5.91.